The molecule has 2 rings (SSSR count). The summed E-state index contributed by atoms with van der Waals surface area (Å²) < 4.78 is 5.56. The van der Waals surface area contributed by atoms with Crippen molar-refractivity contribution < 1.29 is 4.74 Å². The molecular weight excluding hydrogens is 236 g/mol. The highest BCUT2D eigenvalue weighted by atomic mass is 16.5. The number of ether oxygens (including phenoxy) is 1. The van der Waals surface area contributed by atoms with Gasteiger partial charge in [0.25, 0.3) is 0 Å². The van der Waals surface area contributed by atoms with Crippen LogP contribution in [0.1, 0.15) is 25.3 Å². The van der Waals surface area contributed by atoms with E-state index in [9.17, 15) is 0 Å². The molecule has 0 spiro atoms. The summed E-state index contributed by atoms with van der Waals surface area (Å²) in [5, 5.41) is 0. The van der Waals surface area contributed by atoms with E-state index in [0.29, 0.717) is 12.0 Å². The Hall–Kier alpha value is -1.06. The summed E-state index contributed by atoms with van der Waals surface area (Å²) in [6.07, 6.45) is 3.95. The van der Waals surface area contributed by atoms with Crippen LogP contribution in [0.3, 0.4) is 0 Å². The fourth-order valence-corrected chi connectivity index (χ4v) is 2.86. The van der Waals surface area contributed by atoms with Gasteiger partial charge >= 0.3 is 0 Å². The zero-order chi connectivity index (χ0) is 13.7. The third-order valence-corrected chi connectivity index (χ3v) is 4.17. The molecule has 0 radical (unpaired) electrons. The van der Waals surface area contributed by atoms with Crippen molar-refractivity contribution in [2.45, 2.75) is 32.3 Å². The minimum absolute atomic E-state index is 0.404. The highest BCUT2D eigenvalue weighted by Gasteiger charge is 2.25. The van der Waals surface area contributed by atoms with Gasteiger partial charge < -0.3 is 15.4 Å². The monoisotopic (exact) mass is 262 g/mol. The van der Waals surface area contributed by atoms with Crippen LogP contribution in [-0.2, 0) is 11.2 Å². The maximum absolute atomic E-state index is 5.80. The zero-order valence-corrected chi connectivity index (χ0v) is 12.1. The first-order chi connectivity index (χ1) is 9.19. The summed E-state index contributed by atoms with van der Waals surface area (Å²) in [7, 11) is 1.83. The summed E-state index contributed by atoms with van der Waals surface area (Å²) in [4.78, 5) is 2.53. The van der Waals surface area contributed by atoms with E-state index in [2.05, 4.69) is 24.0 Å². The van der Waals surface area contributed by atoms with Gasteiger partial charge in [0.2, 0.25) is 0 Å². The lowest BCUT2D eigenvalue weighted by Gasteiger charge is -2.36. The third-order valence-electron chi connectivity index (χ3n) is 4.17. The van der Waals surface area contributed by atoms with Gasteiger partial charge in [0, 0.05) is 19.3 Å². The van der Waals surface area contributed by atoms with Crippen LogP contribution in [0.25, 0.3) is 0 Å². The van der Waals surface area contributed by atoms with Crippen LogP contribution in [0.2, 0.25) is 0 Å². The van der Waals surface area contributed by atoms with Crippen molar-refractivity contribution in [3.05, 3.63) is 29.8 Å². The van der Waals surface area contributed by atoms with Crippen molar-refractivity contribution in [3.8, 4) is 0 Å². The number of hydrogen-bond acceptors (Lipinski definition) is 3. The van der Waals surface area contributed by atoms with Crippen LogP contribution < -0.4 is 5.73 Å². The number of aryl methyl sites for hydroxylation is 1. The summed E-state index contributed by atoms with van der Waals surface area (Å²) in [6, 6.07) is 8.22. The highest BCUT2D eigenvalue weighted by molar-refractivity contribution is 5.40. The summed E-state index contributed by atoms with van der Waals surface area (Å²) in [5.74, 6) is 0.690. The third kappa shape index (κ3) is 4.22. The predicted octanol–water partition coefficient (Wildman–Crippen LogP) is 2.56. The molecule has 0 amide bonds. The molecule has 0 aliphatic carbocycles. The molecule has 1 aliphatic rings. The molecule has 1 fully saturated rings. The molecule has 0 saturated carbocycles. The van der Waals surface area contributed by atoms with E-state index in [1.807, 2.05) is 19.2 Å². The molecule has 2 unspecified atom stereocenters. The molecule has 1 aromatic carbocycles. The quantitative estimate of drug-likeness (QED) is 0.829. The standard InChI is InChI=1S/C16H26N2O/c1-13-8-10-18(12-16(13)19-2)9-4-6-14-5-3-7-15(17)11-14/h3,5,7,11,13,16H,4,6,8-10,12,17H2,1-2H3. The fourth-order valence-electron chi connectivity index (χ4n) is 2.86. The Morgan fingerprint density at radius 1 is 1.42 bits per heavy atom. The Morgan fingerprint density at radius 3 is 3.00 bits per heavy atom. The molecule has 0 aromatic heterocycles. The molecule has 2 atom stereocenters. The highest BCUT2D eigenvalue weighted by Crippen LogP contribution is 2.19. The number of nitrogens with two attached hydrogens (primary N) is 1. The first-order valence-corrected chi connectivity index (χ1v) is 7.28. The predicted molar refractivity (Wildman–Crippen MR) is 80.2 cm³/mol. The van der Waals surface area contributed by atoms with Crippen LogP contribution in [0.5, 0.6) is 0 Å². The number of rotatable bonds is 5. The van der Waals surface area contributed by atoms with Crippen LogP contribution in [-0.4, -0.2) is 37.7 Å². The number of piperidine rings is 1. The normalized spacial score (nSPS) is 24.5. The lowest BCUT2D eigenvalue weighted by atomic mass is 9.95. The molecule has 19 heavy (non-hydrogen) atoms. The largest absolute Gasteiger partial charge is 0.399 e. The van der Waals surface area contributed by atoms with E-state index < -0.39 is 0 Å². The fraction of sp³-hybridized carbons (Fsp3) is 0.625. The van der Waals surface area contributed by atoms with Crippen LogP contribution in [0.4, 0.5) is 5.69 Å². The van der Waals surface area contributed by atoms with Gasteiger partial charge in [-0.15, -0.1) is 0 Å². The van der Waals surface area contributed by atoms with Crippen molar-refractivity contribution in [3.63, 3.8) is 0 Å². The first kappa shape index (κ1) is 14.4. The second kappa shape index (κ2) is 6.92. The summed E-state index contributed by atoms with van der Waals surface area (Å²) >= 11 is 0. The number of hydrogen-bond donors (Lipinski definition) is 1. The van der Waals surface area contributed by atoms with Crippen molar-refractivity contribution >= 4 is 5.69 Å². The zero-order valence-electron chi connectivity index (χ0n) is 12.1. The Labute approximate surface area is 116 Å². The summed E-state index contributed by atoms with van der Waals surface area (Å²) in [5.41, 5.74) is 8.00. The molecule has 1 aromatic rings. The first-order valence-electron chi connectivity index (χ1n) is 7.28. The van der Waals surface area contributed by atoms with Crippen LogP contribution in [0, 0.1) is 5.92 Å². The number of nitrogen functional groups attached to an aromatic ring is 1. The van der Waals surface area contributed by atoms with Crippen LogP contribution in [0.15, 0.2) is 24.3 Å². The molecule has 3 heteroatoms. The second-order valence-electron chi connectivity index (χ2n) is 5.69. The van der Waals surface area contributed by atoms with E-state index in [1.54, 1.807) is 0 Å². The number of benzene rings is 1. The van der Waals surface area contributed by atoms with Crippen LogP contribution >= 0.6 is 0 Å². The Kier molecular flexibility index (Phi) is 5.23. The van der Waals surface area contributed by atoms with Gasteiger partial charge in [-0.1, -0.05) is 19.1 Å². The SMILES string of the molecule is COC1CN(CCCc2cccc(N)c2)CCC1C. The van der Waals surface area contributed by atoms with Gasteiger partial charge in [0.1, 0.15) is 0 Å². The average Bonchev–Trinajstić information content (AvgIpc) is 2.41. The molecule has 0 bridgehead atoms. The number of likely N-dealkylation sites (tertiary alicyclic amines) is 1. The molecule has 106 valence electrons. The smallest absolute Gasteiger partial charge is 0.0724 e. The maximum atomic E-state index is 5.80. The van der Waals surface area contributed by atoms with Crippen molar-refractivity contribution in [2.24, 2.45) is 5.92 Å². The number of anilines is 1. The van der Waals surface area contributed by atoms with Gasteiger partial charge in [-0.05, 0) is 56.0 Å². The van der Waals surface area contributed by atoms with Gasteiger partial charge in [-0.3, -0.25) is 0 Å². The second-order valence-corrected chi connectivity index (χ2v) is 5.69. The molecule has 2 N–H and O–H groups in total. The minimum Gasteiger partial charge on any atom is -0.399 e. The molecular formula is C16H26N2O. The van der Waals surface area contributed by atoms with Crippen molar-refractivity contribution in [1.82, 2.24) is 4.90 Å². The van der Waals surface area contributed by atoms with Crippen molar-refractivity contribution in [2.75, 3.05) is 32.5 Å². The van der Waals surface area contributed by atoms with Gasteiger partial charge in [-0.25, -0.2) is 0 Å². The molecule has 1 heterocycles. The van der Waals surface area contributed by atoms with Gasteiger partial charge in [-0.2, -0.15) is 0 Å². The van der Waals surface area contributed by atoms with E-state index in [4.69, 9.17) is 10.5 Å². The topological polar surface area (TPSA) is 38.5 Å². The van der Waals surface area contributed by atoms with Gasteiger partial charge in [0.05, 0.1) is 6.10 Å². The Bertz CT molecular complexity index is 394. The lowest BCUT2D eigenvalue weighted by molar-refractivity contribution is -0.00506. The minimum atomic E-state index is 0.404. The number of nitrogens with zero attached hydrogens (tertiary/aromatic N) is 1. The van der Waals surface area contributed by atoms with Gasteiger partial charge in [0.15, 0.2) is 0 Å². The Morgan fingerprint density at radius 2 is 2.26 bits per heavy atom. The summed E-state index contributed by atoms with van der Waals surface area (Å²) in [6.45, 7) is 5.73. The molecule has 1 aliphatic heterocycles. The average molecular weight is 262 g/mol. The lowest BCUT2D eigenvalue weighted by Crippen LogP contribution is -2.44. The van der Waals surface area contributed by atoms with E-state index in [-0.39, 0.29) is 0 Å². The van der Waals surface area contributed by atoms with Crippen molar-refractivity contribution in [1.29, 1.82) is 0 Å². The Balaban J connectivity index is 1.74. The molecule has 1 saturated heterocycles. The number of methoxy groups -OCH3 is 1. The van der Waals surface area contributed by atoms with E-state index >= 15 is 0 Å². The molecule has 3 nitrogen and oxygen atoms in total. The maximum Gasteiger partial charge on any atom is 0.0724 e. The van der Waals surface area contributed by atoms with E-state index in [0.717, 1.165) is 25.2 Å². The van der Waals surface area contributed by atoms with E-state index in [1.165, 1.54) is 24.9 Å².